The molecule has 0 bridgehead atoms. The molecule has 0 unspecified atom stereocenters. The van der Waals surface area contributed by atoms with Gasteiger partial charge in [0.05, 0.1) is 11.4 Å². The van der Waals surface area contributed by atoms with E-state index in [0.717, 1.165) is 15.4 Å². The number of nitrogens with two attached hydrogens (primary N) is 1. The third-order valence-electron chi connectivity index (χ3n) is 6.27. The Morgan fingerprint density at radius 2 is 1.68 bits per heavy atom. The highest BCUT2D eigenvalue weighted by Gasteiger charge is 2.26. The lowest BCUT2D eigenvalue weighted by atomic mass is 10.0. The Kier molecular flexibility index (Phi) is 7.63. The molecule has 4 N–H and O–H groups in total. The molecular formula is C28H28N4O5S. The Labute approximate surface area is 220 Å². The molecule has 38 heavy (non-hydrogen) atoms. The molecular weight excluding hydrogens is 504 g/mol. The maximum absolute atomic E-state index is 13.3. The van der Waals surface area contributed by atoms with Gasteiger partial charge in [-0.05, 0) is 35.7 Å². The van der Waals surface area contributed by atoms with Crippen molar-refractivity contribution in [3.8, 4) is 0 Å². The molecule has 0 aliphatic rings. The molecule has 9 nitrogen and oxygen atoms in total. The van der Waals surface area contributed by atoms with E-state index in [2.05, 4.69) is 0 Å². The number of carboxylic acids is 1. The number of Topliss-reactive ketones (excluding diaryl/α,β-unsaturated/α-hetero) is 1. The van der Waals surface area contributed by atoms with E-state index >= 15 is 0 Å². The van der Waals surface area contributed by atoms with Crippen LogP contribution in [0.1, 0.15) is 33.5 Å². The van der Waals surface area contributed by atoms with Gasteiger partial charge >= 0.3 is 5.97 Å². The van der Waals surface area contributed by atoms with Gasteiger partial charge in [-0.25, -0.2) is 8.42 Å². The van der Waals surface area contributed by atoms with Gasteiger partial charge in [-0.1, -0.05) is 54.6 Å². The number of hydrogen-bond acceptors (Lipinski definition) is 5. The zero-order valence-corrected chi connectivity index (χ0v) is 21.6. The van der Waals surface area contributed by atoms with Crippen LogP contribution in [0.2, 0.25) is 0 Å². The van der Waals surface area contributed by atoms with Gasteiger partial charge in [0.2, 0.25) is 10.0 Å². The summed E-state index contributed by atoms with van der Waals surface area (Å²) in [7, 11) is -2.25. The van der Waals surface area contributed by atoms with Crippen LogP contribution in [0.3, 0.4) is 0 Å². The minimum atomic E-state index is -4.04. The standard InChI is InChI=1S/C28H28N4O5S/c1-31-16-24(26(33)14-9-19-7-10-21(11-8-19)28(29)30)23-15-22(12-13-25(23)31)32(17-27(34)35)38(36,37)18-20-5-3-2-4-6-20/h2-8,10-13,15-16H,9,14,17-18H2,1H3,(H3,29,30)(H,34,35). The number of nitrogen functional groups attached to an aromatic ring is 1. The van der Waals surface area contributed by atoms with Crippen LogP contribution in [-0.2, 0) is 34.0 Å². The highest BCUT2D eigenvalue weighted by molar-refractivity contribution is 7.92. The third-order valence-corrected chi connectivity index (χ3v) is 7.98. The molecule has 196 valence electrons. The minimum absolute atomic E-state index is 0.0260. The van der Waals surface area contributed by atoms with E-state index in [9.17, 15) is 23.1 Å². The minimum Gasteiger partial charge on any atom is -0.480 e. The molecule has 10 heteroatoms. The van der Waals surface area contributed by atoms with Crippen molar-refractivity contribution in [3.05, 3.63) is 101 Å². The first-order valence-electron chi connectivity index (χ1n) is 11.9. The molecule has 0 radical (unpaired) electrons. The molecule has 0 atom stereocenters. The van der Waals surface area contributed by atoms with E-state index in [4.69, 9.17) is 11.1 Å². The molecule has 1 heterocycles. The number of ketones is 1. The average Bonchev–Trinajstić information content (AvgIpc) is 3.22. The summed E-state index contributed by atoms with van der Waals surface area (Å²) in [5, 5.41) is 17.5. The predicted octanol–water partition coefficient (Wildman–Crippen LogP) is 3.70. The van der Waals surface area contributed by atoms with Crippen molar-refractivity contribution in [2.75, 3.05) is 10.8 Å². The lowest BCUT2D eigenvalue weighted by molar-refractivity contribution is -0.135. The summed E-state index contributed by atoms with van der Waals surface area (Å²) in [6, 6.07) is 20.5. The summed E-state index contributed by atoms with van der Waals surface area (Å²) in [6.07, 6.45) is 2.40. The Morgan fingerprint density at radius 1 is 1.00 bits per heavy atom. The molecule has 1 aromatic heterocycles. The van der Waals surface area contributed by atoms with Gasteiger partial charge in [-0.3, -0.25) is 19.3 Å². The molecule has 0 fully saturated rings. The first-order chi connectivity index (χ1) is 18.0. The van der Waals surface area contributed by atoms with Gasteiger partial charge in [0.1, 0.15) is 12.4 Å². The highest BCUT2D eigenvalue weighted by atomic mass is 32.2. The number of amidine groups is 1. The molecule has 0 saturated heterocycles. The average molecular weight is 533 g/mol. The molecule has 0 aliphatic carbocycles. The zero-order valence-electron chi connectivity index (χ0n) is 20.8. The van der Waals surface area contributed by atoms with Crippen molar-refractivity contribution in [1.82, 2.24) is 4.57 Å². The number of carbonyl (C=O) groups is 2. The molecule has 0 spiro atoms. The van der Waals surface area contributed by atoms with Crippen LogP contribution >= 0.6 is 0 Å². The van der Waals surface area contributed by atoms with E-state index < -0.39 is 22.5 Å². The van der Waals surface area contributed by atoms with Crippen molar-refractivity contribution < 1.29 is 23.1 Å². The fraction of sp³-hybridized carbons (Fsp3) is 0.179. The highest BCUT2D eigenvalue weighted by Crippen LogP contribution is 2.29. The van der Waals surface area contributed by atoms with Crippen LogP contribution in [0, 0.1) is 5.41 Å². The zero-order chi connectivity index (χ0) is 27.4. The largest absolute Gasteiger partial charge is 0.480 e. The Balaban J connectivity index is 1.64. The summed E-state index contributed by atoms with van der Waals surface area (Å²) in [5.74, 6) is -1.80. The van der Waals surface area contributed by atoms with Gasteiger partial charge in [0, 0.05) is 41.7 Å². The molecule has 3 aromatic carbocycles. The Bertz CT molecular complexity index is 1610. The summed E-state index contributed by atoms with van der Waals surface area (Å²) >= 11 is 0. The van der Waals surface area contributed by atoms with E-state index in [-0.39, 0.29) is 29.5 Å². The van der Waals surface area contributed by atoms with E-state index in [1.54, 1.807) is 78.5 Å². The molecule has 0 aliphatic heterocycles. The normalized spacial score (nSPS) is 11.4. The van der Waals surface area contributed by atoms with Crippen molar-refractivity contribution in [2.45, 2.75) is 18.6 Å². The van der Waals surface area contributed by atoms with Crippen LogP contribution in [0.15, 0.2) is 79.0 Å². The first kappa shape index (κ1) is 26.6. The van der Waals surface area contributed by atoms with Crippen LogP contribution in [0.25, 0.3) is 10.9 Å². The van der Waals surface area contributed by atoms with Gasteiger partial charge in [0.25, 0.3) is 0 Å². The van der Waals surface area contributed by atoms with Crippen molar-refractivity contribution >= 4 is 44.2 Å². The monoisotopic (exact) mass is 532 g/mol. The number of nitrogens with one attached hydrogen (secondary N) is 1. The summed E-state index contributed by atoms with van der Waals surface area (Å²) in [6.45, 7) is -0.743. The lowest BCUT2D eigenvalue weighted by Crippen LogP contribution is -2.36. The summed E-state index contributed by atoms with van der Waals surface area (Å²) in [5.41, 5.74) is 8.89. The second-order valence-corrected chi connectivity index (χ2v) is 10.9. The smallest absolute Gasteiger partial charge is 0.324 e. The van der Waals surface area contributed by atoms with Gasteiger partial charge in [-0.2, -0.15) is 0 Å². The van der Waals surface area contributed by atoms with Crippen molar-refractivity contribution in [3.63, 3.8) is 0 Å². The molecule has 4 rings (SSSR count). The van der Waals surface area contributed by atoms with Crippen LogP contribution < -0.4 is 10.0 Å². The van der Waals surface area contributed by atoms with Gasteiger partial charge in [-0.15, -0.1) is 0 Å². The number of sulfonamides is 1. The fourth-order valence-electron chi connectivity index (χ4n) is 4.34. The predicted molar refractivity (Wildman–Crippen MR) is 147 cm³/mol. The first-order valence-corrected chi connectivity index (χ1v) is 13.5. The Hall–Kier alpha value is -4.44. The van der Waals surface area contributed by atoms with E-state index in [1.807, 2.05) is 12.1 Å². The topological polar surface area (TPSA) is 147 Å². The number of aromatic nitrogens is 1. The number of carboxylic acid groups (broad SMARTS) is 1. The molecule has 4 aromatic rings. The van der Waals surface area contributed by atoms with Gasteiger partial charge in [0.15, 0.2) is 5.78 Å². The number of nitrogens with zero attached hydrogens (tertiary/aromatic N) is 2. The number of carbonyl (C=O) groups excluding carboxylic acids is 1. The number of anilines is 1. The maximum Gasteiger partial charge on any atom is 0.324 e. The SMILES string of the molecule is Cn1cc(C(=O)CCc2ccc(C(=N)N)cc2)c2cc(N(CC(=O)O)S(=O)(=O)Cc3ccccc3)ccc21. The number of fused-ring (bicyclic) bond motifs is 1. The number of aliphatic carboxylic acids is 1. The fourth-order valence-corrected chi connectivity index (χ4v) is 5.85. The summed E-state index contributed by atoms with van der Waals surface area (Å²) in [4.78, 5) is 24.8. The summed E-state index contributed by atoms with van der Waals surface area (Å²) < 4.78 is 29.2. The lowest BCUT2D eigenvalue weighted by Gasteiger charge is -2.23. The number of rotatable bonds is 11. The van der Waals surface area contributed by atoms with Crippen molar-refractivity contribution in [1.29, 1.82) is 5.41 Å². The number of aryl methyl sites for hydroxylation is 2. The van der Waals surface area contributed by atoms with E-state index in [1.165, 1.54) is 0 Å². The van der Waals surface area contributed by atoms with Crippen LogP contribution in [0.4, 0.5) is 5.69 Å². The number of hydrogen-bond donors (Lipinski definition) is 3. The quantitative estimate of drug-likeness (QED) is 0.152. The Morgan fingerprint density at radius 3 is 2.32 bits per heavy atom. The second-order valence-electron chi connectivity index (χ2n) is 9.03. The van der Waals surface area contributed by atoms with Gasteiger partial charge < -0.3 is 15.4 Å². The molecule has 0 amide bonds. The third kappa shape index (κ3) is 5.92. The van der Waals surface area contributed by atoms with E-state index in [0.29, 0.717) is 28.5 Å². The maximum atomic E-state index is 13.3. The van der Waals surface area contributed by atoms with Crippen LogP contribution in [-0.4, -0.2) is 42.2 Å². The van der Waals surface area contributed by atoms with Crippen LogP contribution in [0.5, 0.6) is 0 Å². The molecule has 0 saturated carbocycles. The van der Waals surface area contributed by atoms with Crippen molar-refractivity contribution in [2.24, 2.45) is 12.8 Å². The number of benzene rings is 3. The second kappa shape index (κ2) is 10.9.